The number of sulfonamides is 1. The Hall–Kier alpha value is -1.81. The third-order valence-electron chi connectivity index (χ3n) is 5.08. The van der Waals surface area contributed by atoms with Gasteiger partial charge in [0.25, 0.3) is 0 Å². The van der Waals surface area contributed by atoms with Crippen molar-refractivity contribution in [2.75, 3.05) is 23.7 Å². The van der Waals surface area contributed by atoms with E-state index < -0.39 is 28.5 Å². The molecule has 0 aliphatic carbocycles. The van der Waals surface area contributed by atoms with E-state index in [1.165, 1.54) is 4.90 Å². The van der Waals surface area contributed by atoms with Gasteiger partial charge >= 0.3 is 0 Å². The van der Waals surface area contributed by atoms with E-state index in [9.17, 15) is 18.0 Å². The minimum Gasteiger partial charge on any atom is -0.354 e. The van der Waals surface area contributed by atoms with E-state index in [1.54, 1.807) is 49.4 Å². The van der Waals surface area contributed by atoms with Crippen LogP contribution < -0.4 is 9.62 Å². The molecular formula is C23H28BrCl2N3O4S. The first-order valence-electron chi connectivity index (χ1n) is 10.7. The molecule has 0 aliphatic heterocycles. The number of carbonyl (C=O) groups excluding carboxylic acids is 2. The van der Waals surface area contributed by atoms with Gasteiger partial charge < -0.3 is 10.2 Å². The molecule has 0 heterocycles. The Morgan fingerprint density at radius 2 is 1.74 bits per heavy atom. The number of halogens is 3. The number of carbonyl (C=O) groups is 2. The number of benzene rings is 2. The highest BCUT2D eigenvalue weighted by molar-refractivity contribution is 9.10. The first-order valence-corrected chi connectivity index (χ1v) is 14.1. The molecule has 2 amide bonds. The molecule has 2 aromatic rings. The zero-order valence-electron chi connectivity index (χ0n) is 19.2. The summed E-state index contributed by atoms with van der Waals surface area (Å²) in [6.07, 6.45) is 2.11. The monoisotopic (exact) mass is 591 g/mol. The molecule has 0 aliphatic rings. The SMILES string of the molecule is CCCNC(=O)[C@@H](CC)N(Cc1ccc(Cl)cc1Cl)C(=O)CN(c1ccc(Br)cc1)S(C)(=O)=O. The number of hydrogen-bond donors (Lipinski definition) is 1. The Kier molecular flexibility index (Phi) is 10.7. The largest absolute Gasteiger partial charge is 0.354 e. The summed E-state index contributed by atoms with van der Waals surface area (Å²) in [7, 11) is -3.79. The molecule has 0 bridgehead atoms. The molecule has 2 rings (SSSR count). The van der Waals surface area contributed by atoms with Crippen molar-refractivity contribution < 1.29 is 18.0 Å². The first-order chi connectivity index (χ1) is 16.0. The standard InChI is InChI=1S/C23H28BrCl2N3O4S/c1-4-12-27-23(31)21(5-2)28(14-16-6-9-18(25)13-20(16)26)22(30)15-29(34(3,32)33)19-10-7-17(24)8-11-19/h6-11,13,21H,4-5,12,14-15H2,1-3H3,(H,27,31)/t21-/m1/s1. The van der Waals surface area contributed by atoms with Crippen LogP contribution in [-0.2, 0) is 26.2 Å². The van der Waals surface area contributed by atoms with Crippen LogP contribution in [0, 0.1) is 0 Å². The maximum atomic E-state index is 13.6. The summed E-state index contributed by atoms with van der Waals surface area (Å²) in [4.78, 5) is 27.8. The Morgan fingerprint density at radius 3 is 2.26 bits per heavy atom. The molecule has 0 saturated carbocycles. The second-order valence-electron chi connectivity index (χ2n) is 7.72. The van der Waals surface area contributed by atoms with Gasteiger partial charge in [-0.1, -0.05) is 59.0 Å². The average Bonchev–Trinajstić information content (AvgIpc) is 2.77. The number of nitrogens with one attached hydrogen (secondary N) is 1. The van der Waals surface area contributed by atoms with Crippen LogP contribution in [0.15, 0.2) is 46.9 Å². The van der Waals surface area contributed by atoms with Gasteiger partial charge in [-0.2, -0.15) is 0 Å². The Balaban J connectivity index is 2.44. The van der Waals surface area contributed by atoms with Crippen LogP contribution >= 0.6 is 39.1 Å². The van der Waals surface area contributed by atoms with Gasteiger partial charge in [0.1, 0.15) is 12.6 Å². The Labute approximate surface area is 219 Å². The quantitative estimate of drug-likeness (QED) is 0.404. The third-order valence-corrected chi connectivity index (χ3v) is 7.34. The summed E-state index contributed by atoms with van der Waals surface area (Å²) in [5, 5.41) is 3.62. The molecule has 0 unspecified atom stereocenters. The van der Waals surface area contributed by atoms with Crippen LogP contribution in [0.4, 0.5) is 5.69 Å². The van der Waals surface area contributed by atoms with Crippen LogP contribution in [0.1, 0.15) is 32.3 Å². The lowest BCUT2D eigenvalue weighted by Gasteiger charge is -2.33. The lowest BCUT2D eigenvalue weighted by Crippen LogP contribution is -2.52. The van der Waals surface area contributed by atoms with Gasteiger partial charge in [0.15, 0.2) is 0 Å². The number of amides is 2. The highest BCUT2D eigenvalue weighted by Gasteiger charge is 2.32. The second kappa shape index (κ2) is 12.8. The zero-order chi connectivity index (χ0) is 25.5. The van der Waals surface area contributed by atoms with E-state index in [0.29, 0.717) is 34.3 Å². The molecule has 186 valence electrons. The molecule has 0 aromatic heterocycles. The molecule has 7 nitrogen and oxygen atoms in total. The van der Waals surface area contributed by atoms with E-state index in [4.69, 9.17) is 23.2 Å². The van der Waals surface area contributed by atoms with Crippen molar-refractivity contribution in [1.29, 1.82) is 0 Å². The molecular weight excluding hydrogens is 565 g/mol. The minimum absolute atomic E-state index is 0.0187. The third kappa shape index (κ3) is 7.86. The first kappa shape index (κ1) is 28.4. The van der Waals surface area contributed by atoms with Gasteiger partial charge in [-0.05, 0) is 54.8 Å². The smallest absolute Gasteiger partial charge is 0.244 e. The van der Waals surface area contributed by atoms with Gasteiger partial charge in [-0.25, -0.2) is 8.42 Å². The van der Waals surface area contributed by atoms with Crippen LogP contribution in [0.5, 0.6) is 0 Å². The molecule has 0 radical (unpaired) electrons. The summed E-state index contributed by atoms with van der Waals surface area (Å²) >= 11 is 15.7. The van der Waals surface area contributed by atoms with E-state index in [-0.39, 0.29) is 12.5 Å². The molecule has 34 heavy (non-hydrogen) atoms. The normalized spacial score (nSPS) is 12.2. The van der Waals surface area contributed by atoms with E-state index in [1.807, 2.05) is 6.92 Å². The van der Waals surface area contributed by atoms with Gasteiger partial charge in [-0.3, -0.25) is 13.9 Å². The van der Waals surface area contributed by atoms with Gasteiger partial charge in [-0.15, -0.1) is 0 Å². The summed E-state index contributed by atoms with van der Waals surface area (Å²) in [6, 6.07) is 10.7. The van der Waals surface area contributed by atoms with Crippen molar-refractivity contribution in [3.05, 3.63) is 62.5 Å². The number of anilines is 1. The van der Waals surface area contributed by atoms with E-state index in [2.05, 4.69) is 21.2 Å². The predicted molar refractivity (Wildman–Crippen MR) is 141 cm³/mol. The predicted octanol–water partition coefficient (Wildman–Crippen LogP) is 4.86. The fourth-order valence-electron chi connectivity index (χ4n) is 3.34. The summed E-state index contributed by atoms with van der Waals surface area (Å²) in [5.74, 6) is -0.838. The molecule has 0 spiro atoms. The van der Waals surface area contributed by atoms with Gasteiger partial charge in [0, 0.05) is 27.6 Å². The lowest BCUT2D eigenvalue weighted by atomic mass is 10.1. The van der Waals surface area contributed by atoms with E-state index in [0.717, 1.165) is 21.5 Å². The van der Waals surface area contributed by atoms with Crippen molar-refractivity contribution in [2.45, 2.75) is 39.3 Å². The zero-order valence-corrected chi connectivity index (χ0v) is 23.1. The average molecular weight is 593 g/mol. The fraction of sp³-hybridized carbons (Fsp3) is 0.391. The Morgan fingerprint density at radius 1 is 1.09 bits per heavy atom. The molecule has 0 saturated heterocycles. The topological polar surface area (TPSA) is 86.8 Å². The number of rotatable bonds is 11. The summed E-state index contributed by atoms with van der Waals surface area (Å²) in [5.41, 5.74) is 0.933. The molecule has 0 fully saturated rings. The van der Waals surface area contributed by atoms with Crippen molar-refractivity contribution in [3.8, 4) is 0 Å². The summed E-state index contributed by atoms with van der Waals surface area (Å²) in [6.45, 7) is 3.74. The fourth-order valence-corrected chi connectivity index (χ4v) is 4.92. The maximum absolute atomic E-state index is 13.6. The highest BCUT2D eigenvalue weighted by Crippen LogP contribution is 2.25. The van der Waals surface area contributed by atoms with Crippen molar-refractivity contribution in [3.63, 3.8) is 0 Å². The summed E-state index contributed by atoms with van der Waals surface area (Å²) < 4.78 is 26.9. The molecule has 2 aromatic carbocycles. The minimum atomic E-state index is -3.79. The maximum Gasteiger partial charge on any atom is 0.244 e. The number of nitrogens with zero attached hydrogens (tertiary/aromatic N) is 2. The molecule has 1 N–H and O–H groups in total. The van der Waals surface area contributed by atoms with Crippen LogP contribution in [0.25, 0.3) is 0 Å². The van der Waals surface area contributed by atoms with E-state index >= 15 is 0 Å². The van der Waals surface area contributed by atoms with Gasteiger partial charge in [0.05, 0.1) is 11.9 Å². The van der Waals surface area contributed by atoms with Crippen molar-refractivity contribution in [1.82, 2.24) is 10.2 Å². The van der Waals surface area contributed by atoms with Crippen molar-refractivity contribution in [2.24, 2.45) is 0 Å². The molecule has 1 atom stereocenters. The molecule has 11 heteroatoms. The second-order valence-corrected chi connectivity index (χ2v) is 11.4. The number of hydrogen-bond acceptors (Lipinski definition) is 4. The van der Waals surface area contributed by atoms with Crippen LogP contribution in [-0.4, -0.2) is 50.5 Å². The van der Waals surface area contributed by atoms with Crippen molar-refractivity contribution >= 4 is 66.7 Å². The van der Waals surface area contributed by atoms with Crippen LogP contribution in [0.2, 0.25) is 10.0 Å². The lowest BCUT2D eigenvalue weighted by molar-refractivity contribution is -0.140. The van der Waals surface area contributed by atoms with Gasteiger partial charge in [0.2, 0.25) is 21.8 Å². The highest BCUT2D eigenvalue weighted by atomic mass is 79.9. The van der Waals surface area contributed by atoms with Crippen LogP contribution in [0.3, 0.4) is 0 Å². The Bertz CT molecular complexity index is 1110.